The zero-order chi connectivity index (χ0) is 10.0. The third kappa shape index (κ3) is 1.98. The molecule has 0 saturated carbocycles. The zero-order valence-electron chi connectivity index (χ0n) is 7.20. The van der Waals surface area contributed by atoms with E-state index in [1.807, 2.05) is 0 Å². The van der Waals surface area contributed by atoms with Gasteiger partial charge in [-0.25, -0.2) is 0 Å². The molecule has 1 aromatic carbocycles. The van der Waals surface area contributed by atoms with Gasteiger partial charge in [0.25, 0.3) is 0 Å². The van der Waals surface area contributed by atoms with Gasteiger partial charge >= 0.3 is 5.69 Å². The van der Waals surface area contributed by atoms with Crippen molar-refractivity contribution in [2.75, 3.05) is 6.26 Å². The molecular formula is C8H8FNO2S. The first-order valence-electron chi connectivity index (χ1n) is 3.54. The molecule has 0 saturated heterocycles. The largest absolute Gasteiger partial charge is 0.306 e. The predicted molar refractivity (Wildman–Crippen MR) is 49.6 cm³/mol. The van der Waals surface area contributed by atoms with Gasteiger partial charge < -0.3 is 0 Å². The first-order valence-corrected chi connectivity index (χ1v) is 4.77. The van der Waals surface area contributed by atoms with E-state index in [4.69, 9.17) is 0 Å². The molecule has 0 amide bonds. The minimum Gasteiger partial charge on any atom is -0.258 e. The Labute approximate surface area is 79.1 Å². The molecular weight excluding hydrogens is 193 g/mol. The van der Waals surface area contributed by atoms with E-state index in [0.29, 0.717) is 10.5 Å². The average molecular weight is 201 g/mol. The molecule has 0 atom stereocenters. The summed E-state index contributed by atoms with van der Waals surface area (Å²) in [6, 6.07) is 2.83. The summed E-state index contributed by atoms with van der Waals surface area (Å²) < 4.78 is 13.1. The third-order valence-electron chi connectivity index (χ3n) is 1.64. The van der Waals surface area contributed by atoms with Crippen molar-refractivity contribution in [3.05, 3.63) is 33.6 Å². The highest BCUT2D eigenvalue weighted by atomic mass is 32.2. The van der Waals surface area contributed by atoms with Crippen molar-refractivity contribution in [3.63, 3.8) is 0 Å². The van der Waals surface area contributed by atoms with Crippen molar-refractivity contribution in [1.82, 2.24) is 0 Å². The Kier molecular flexibility index (Phi) is 2.87. The first-order chi connectivity index (χ1) is 6.06. The summed E-state index contributed by atoms with van der Waals surface area (Å²) in [7, 11) is 0. The summed E-state index contributed by atoms with van der Waals surface area (Å²) >= 11 is 1.35. The summed E-state index contributed by atoms with van der Waals surface area (Å²) in [6.07, 6.45) is 1.79. The third-order valence-corrected chi connectivity index (χ3v) is 2.35. The molecule has 0 spiro atoms. The van der Waals surface area contributed by atoms with Crippen LogP contribution >= 0.6 is 11.8 Å². The quantitative estimate of drug-likeness (QED) is 0.419. The average Bonchev–Trinajstić information content (AvgIpc) is 2.09. The first kappa shape index (κ1) is 9.98. The van der Waals surface area contributed by atoms with E-state index >= 15 is 0 Å². The molecule has 0 aliphatic rings. The molecule has 5 heteroatoms. The normalized spacial score (nSPS) is 10.1. The van der Waals surface area contributed by atoms with Gasteiger partial charge in [0.05, 0.1) is 4.92 Å². The Hall–Kier alpha value is -1.10. The summed E-state index contributed by atoms with van der Waals surface area (Å²) in [4.78, 5) is 10.4. The zero-order valence-corrected chi connectivity index (χ0v) is 8.02. The molecule has 0 radical (unpaired) electrons. The molecule has 0 heterocycles. The maximum absolute atomic E-state index is 13.1. The topological polar surface area (TPSA) is 43.1 Å². The number of nitro groups is 1. The van der Waals surface area contributed by atoms with Crippen LogP contribution in [0, 0.1) is 22.9 Å². The van der Waals surface area contributed by atoms with E-state index in [1.54, 1.807) is 12.3 Å². The highest BCUT2D eigenvalue weighted by molar-refractivity contribution is 7.98. The van der Waals surface area contributed by atoms with Gasteiger partial charge in [-0.2, -0.15) is 4.39 Å². The fraction of sp³-hybridized carbons (Fsp3) is 0.250. The predicted octanol–water partition coefficient (Wildman–Crippen LogP) is 2.76. The van der Waals surface area contributed by atoms with Gasteiger partial charge in [-0.15, -0.1) is 11.8 Å². The Morgan fingerprint density at radius 1 is 1.54 bits per heavy atom. The minimum absolute atomic E-state index is 0.304. The van der Waals surface area contributed by atoms with Crippen LogP contribution in [0.4, 0.5) is 10.1 Å². The van der Waals surface area contributed by atoms with Crippen molar-refractivity contribution in [3.8, 4) is 0 Å². The minimum atomic E-state index is -0.747. The van der Waals surface area contributed by atoms with Gasteiger partial charge in [0, 0.05) is 11.0 Å². The van der Waals surface area contributed by atoms with E-state index in [9.17, 15) is 14.5 Å². The lowest BCUT2D eigenvalue weighted by atomic mass is 10.2. The molecule has 0 bridgehead atoms. The molecule has 1 aromatic rings. The molecule has 0 aliphatic carbocycles. The lowest BCUT2D eigenvalue weighted by Crippen LogP contribution is -1.95. The van der Waals surface area contributed by atoms with Gasteiger partial charge in [0.1, 0.15) is 0 Å². The lowest BCUT2D eigenvalue weighted by Gasteiger charge is -2.01. The highest BCUT2D eigenvalue weighted by Crippen LogP contribution is 2.26. The van der Waals surface area contributed by atoms with Crippen molar-refractivity contribution >= 4 is 17.4 Å². The fourth-order valence-corrected chi connectivity index (χ4v) is 1.49. The molecule has 0 aliphatic heterocycles. The van der Waals surface area contributed by atoms with Crippen molar-refractivity contribution < 1.29 is 9.31 Å². The van der Waals surface area contributed by atoms with Crippen LogP contribution in [0.3, 0.4) is 0 Å². The van der Waals surface area contributed by atoms with Crippen LogP contribution in [0.2, 0.25) is 0 Å². The van der Waals surface area contributed by atoms with Crippen LogP contribution < -0.4 is 0 Å². The molecule has 0 fully saturated rings. The van der Waals surface area contributed by atoms with Crippen molar-refractivity contribution in [2.24, 2.45) is 0 Å². The van der Waals surface area contributed by atoms with Crippen LogP contribution in [0.1, 0.15) is 5.56 Å². The number of hydrogen-bond donors (Lipinski definition) is 0. The number of nitrogens with zero attached hydrogens (tertiary/aromatic N) is 1. The number of aryl methyl sites for hydroxylation is 1. The number of hydrogen-bond acceptors (Lipinski definition) is 3. The van der Waals surface area contributed by atoms with Gasteiger partial charge in [0.15, 0.2) is 0 Å². The van der Waals surface area contributed by atoms with Gasteiger partial charge in [-0.1, -0.05) is 0 Å². The lowest BCUT2D eigenvalue weighted by molar-refractivity contribution is -0.387. The van der Waals surface area contributed by atoms with E-state index in [2.05, 4.69) is 0 Å². The van der Waals surface area contributed by atoms with Gasteiger partial charge in [-0.3, -0.25) is 10.1 Å². The molecule has 0 unspecified atom stereocenters. The van der Waals surface area contributed by atoms with E-state index in [1.165, 1.54) is 24.8 Å². The molecule has 70 valence electrons. The highest BCUT2D eigenvalue weighted by Gasteiger charge is 2.16. The summed E-state index contributed by atoms with van der Waals surface area (Å²) in [5.74, 6) is -0.747. The number of thioether (sulfide) groups is 1. The number of rotatable bonds is 2. The molecule has 0 aromatic heterocycles. The van der Waals surface area contributed by atoms with Gasteiger partial charge in [0.2, 0.25) is 5.82 Å². The van der Waals surface area contributed by atoms with Crippen LogP contribution in [-0.2, 0) is 0 Å². The second-order valence-corrected chi connectivity index (χ2v) is 3.41. The van der Waals surface area contributed by atoms with Crippen molar-refractivity contribution in [2.45, 2.75) is 11.8 Å². The molecule has 13 heavy (non-hydrogen) atoms. The molecule has 3 nitrogen and oxygen atoms in total. The smallest absolute Gasteiger partial charge is 0.258 e. The van der Waals surface area contributed by atoms with E-state index in [-0.39, 0.29) is 0 Å². The van der Waals surface area contributed by atoms with Crippen LogP contribution in [0.15, 0.2) is 17.0 Å². The summed E-state index contributed by atoms with van der Waals surface area (Å²) in [5.41, 5.74) is -0.150. The van der Waals surface area contributed by atoms with Gasteiger partial charge in [-0.05, 0) is 24.8 Å². The maximum atomic E-state index is 13.1. The Morgan fingerprint density at radius 2 is 2.15 bits per heavy atom. The Balaban J connectivity index is 3.33. The second-order valence-electron chi connectivity index (χ2n) is 2.53. The Bertz CT molecular complexity index is 354. The van der Waals surface area contributed by atoms with Crippen LogP contribution in [0.5, 0.6) is 0 Å². The summed E-state index contributed by atoms with van der Waals surface area (Å²) in [5, 5.41) is 10.4. The van der Waals surface area contributed by atoms with Crippen LogP contribution in [-0.4, -0.2) is 11.2 Å². The standard InChI is InChI=1S/C8H8FNO2S/c1-5-3-6(13-2)4-7(8(5)9)10(11)12/h3-4H,1-2H3. The van der Waals surface area contributed by atoms with Crippen LogP contribution in [0.25, 0.3) is 0 Å². The van der Waals surface area contributed by atoms with E-state index in [0.717, 1.165) is 0 Å². The number of benzene rings is 1. The molecule has 0 N–H and O–H groups in total. The number of halogens is 1. The Morgan fingerprint density at radius 3 is 2.62 bits per heavy atom. The fourth-order valence-electron chi connectivity index (χ4n) is 0.969. The summed E-state index contributed by atoms with van der Waals surface area (Å²) in [6.45, 7) is 1.52. The number of nitro benzene ring substituents is 1. The monoisotopic (exact) mass is 201 g/mol. The molecule has 1 rings (SSSR count). The maximum Gasteiger partial charge on any atom is 0.306 e. The van der Waals surface area contributed by atoms with Crippen molar-refractivity contribution in [1.29, 1.82) is 0 Å². The second kappa shape index (κ2) is 3.74. The van der Waals surface area contributed by atoms with E-state index < -0.39 is 16.4 Å². The SMILES string of the molecule is CSc1cc(C)c(F)c([N+](=O)[O-])c1.